The van der Waals surface area contributed by atoms with E-state index in [2.05, 4.69) is 35.6 Å². The quantitative estimate of drug-likeness (QED) is 0.201. The number of carbonyl (C=O) groups excluding carboxylic acids is 2. The average molecular weight is 541 g/mol. The van der Waals surface area contributed by atoms with Gasteiger partial charge in [0.05, 0.1) is 18.9 Å². The van der Waals surface area contributed by atoms with Crippen molar-refractivity contribution in [3.8, 4) is 5.75 Å². The van der Waals surface area contributed by atoms with Crippen molar-refractivity contribution in [3.05, 3.63) is 77.9 Å². The topological polar surface area (TPSA) is 52.6 Å². The Morgan fingerprint density at radius 2 is 1.55 bits per heavy atom. The zero-order valence-electron chi connectivity index (χ0n) is 22.9. The van der Waals surface area contributed by atoms with E-state index in [9.17, 15) is 27.2 Å². The van der Waals surface area contributed by atoms with E-state index in [0.717, 1.165) is 18.9 Å². The van der Waals surface area contributed by atoms with Crippen LogP contribution in [0.15, 0.2) is 55.4 Å². The van der Waals surface area contributed by atoms with Gasteiger partial charge in [-0.2, -0.15) is 8.78 Å². The lowest BCUT2D eigenvalue weighted by Gasteiger charge is -2.27. The van der Waals surface area contributed by atoms with E-state index in [-0.39, 0.29) is 42.6 Å². The fourth-order valence-corrected chi connectivity index (χ4v) is 3.82. The largest absolute Gasteiger partial charge is 0.461 e. The Hall–Kier alpha value is -3.16. The third kappa shape index (κ3) is 12.4. The molecule has 38 heavy (non-hydrogen) atoms. The molecule has 2 aromatic rings. The number of ether oxygens (including phenoxy) is 2. The van der Waals surface area contributed by atoms with Crippen LogP contribution in [-0.4, -0.2) is 25.0 Å². The molecule has 0 unspecified atom stereocenters. The lowest BCUT2D eigenvalue weighted by Crippen LogP contribution is -2.25. The fourth-order valence-electron chi connectivity index (χ4n) is 3.82. The van der Waals surface area contributed by atoms with Crippen LogP contribution in [-0.2, 0) is 20.7 Å². The number of esters is 2. The van der Waals surface area contributed by atoms with Gasteiger partial charge < -0.3 is 9.47 Å². The molecule has 2 aromatic carbocycles. The van der Waals surface area contributed by atoms with Crippen LogP contribution in [0.3, 0.4) is 0 Å². The van der Waals surface area contributed by atoms with Gasteiger partial charge in [-0.25, -0.2) is 13.6 Å². The summed E-state index contributed by atoms with van der Waals surface area (Å²) in [6, 6.07) is 12.4. The smallest absolute Gasteiger partial charge is 0.373 e. The summed E-state index contributed by atoms with van der Waals surface area (Å²) in [6.45, 7) is 12.4. The van der Waals surface area contributed by atoms with Crippen molar-refractivity contribution in [1.82, 2.24) is 0 Å². The average Bonchev–Trinajstić information content (AvgIpc) is 2.93. The standard InChI is InChI=1S/C24H25F3O4.C2H3F.2C2H6/c1-15-2-4-16(5-3-15)17-6-8-19(9-7-17)23(28)31-20-11-10-18(21(25)14-20)12-13-30-24(29)22(26)27;1-2-3;2*1-2/h2-5,10-11,14,17,19,22H,6-9,12-13H2,1H3;2H,1H2;2*1-2H3. The molecule has 1 saturated carbocycles. The van der Waals surface area contributed by atoms with E-state index in [1.807, 2.05) is 34.6 Å². The second kappa shape index (κ2) is 19.9. The zero-order valence-corrected chi connectivity index (χ0v) is 22.9. The van der Waals surface area contributed by atoms with Gasteiger partial charge in [0.2, 0.25) is 0 Å². The molecule has 0 heterocycles. The number of rotatable bonds is 7. The maximum absolute atomic E-state index is 14.2. The summed E-state index contributed by atoms with van der Waals surface area (Å²) in [4.78, 5) is 23.2. The molecule has 0 spiro atoms. The van der Waals surface area contributed by atoms with E-state index >= 15 is 0 Å². The summed E-state index contributed by atoms with van der Waals surface area (Å²) >= 11 is 0. The van der Waals surface area contributed by atoms with E-state index in [1.54, 1.807) is 0 Å². The molecular formula is C30H40F4O4. The summed E-state index contributed by atoms with van der Waals surface area (Å²) in [5, 5.41) is 0. The number of alkyl halides is 2. The van der Waals surface area contributed by atoms with Crippen molar-refractivity contribution < 1.29 is 36.6 Å². The van der Waals surface area contributed by atoms with Crippen LogP contribution in [0.5, 0.6) is 5.75 Å². The second-order valence-electron chi connectivity index (χ2n) is 8.01. The fraction of sp³-hybridized carbons (Fsp3) is 0.467. The predicted octanol–water partition coefficient (Wildman–Crippen LogP) is 8.52. The number of hydrogen-bond acceptors (Lipinski definition) is 4. The van der Waals surface area contributed by atoms with E-state index < -0.39 is 18.2 Å². The third-order valence-corrected chi connectivity index (χ3v) is 5.65. The van der Waals surface area contributed by atoms with Crippen LogP contribution in [0, 0.1) is 18.7 Å². The van der Waals surface area contributed by atoms with Crippen molar-refractivity contribution >= 4 is 11.9 Å². The SMILES string of the molecule is C=CF.CC.CC.Cc1ccc(C2CCC(C(=O)Oc3ccc(CCOC(=O)C(F)F)c(F)c3)CC2)cc1. The first-order valence-electron chi connectivity index (χ1n) is 13.0. The lowest BCUT2D eigenvalue weighted by atomic mass is 9.78. The van der Waals surface area contributed by atoms with Crippen molar-refractivity contribution in [3.63, 3.8) is 0 Å². The minimum Gasteiger partial charge on any atom is -0.461 e. The molecule has 0 bridgehead atoms. The molecule has 1 fully saturated rings. The minimum atomic E-state index is -3.21. The Bertz CT molecular complexity index is 953. The number of benzene rings is 2. The summed E-state index contributed by atoms with van der Waals surface area (Å²) < 4.78 is 58.1. The number of carbonyl (C=O) groups is 2. The van der Waals surface area contributed by atoms with Crippen molar-refractivity contribution in [2.24, 2.45) is 5.92 Å². The van der Waals surface area contributed by atoms with Crippen LogP contribution in [0.25, 0.3) is 0 Å². The maximum Gasteiger partial charge on any atom is 0.373 e. The van der Waals surface area contributed by atoms with Gasteiger partial charge in [0.1, 0.15) is 11.6 Å². The Kier molecular flexibility index (Phi) is 18.2. The first-order valence-corrected chi connectivity index (χ1v) is 13.0. The Balaban J connectivity index is 0.00000179. The van der Waals surface area contributed by atoms with Crippen molar-refractivity contribution in [1.29, 1.82) is 0 Å². The van der Waals surface area contributed by atoms with Crippen LogP contribution in [0.4, 0.5) is 17.6 Å². The molecule has 0 atom stereocenters. The predicted molar refractivity (Wildman–Crippen MR) is 143 cm³/mol. The highest BCUT2D eigenvalue weighted by atomic mass is 19.3. The van der Waals surface area contributed by atoms with Gasteiger partial charge in [-0.3, -0.25) is 4.79 Å². The molecule has 0 amide bonds. The van der Waals surface area contributed by atoms with Gasteiger partial charge >= 0.3 is 18.4 Å². The van der Waals surface area contributed by atoms with Crippen LogP contribution >= 0.6 is 0 Å². The van der Waals surface area contributed by atoms with Crippen molar-refractivity contribution in [2.45, 2.75) is 79.1 Å². The second-order valence-corrected chi connectivity index (χ2v) is 8.01. The molecule has 0 radical (unpaired) electrons. The highest BCUT2D eigenvalue weighted by Gasteiger charge is 2.28. The summed E-state index contributed by atoms with van der Waals surface area (Å²) in [5.41, 5.74) is 2.68. The van der Waals surface area contributed by atoms with Gasteiger partial charge in [0, 0.05) is 12.5 Å². The minimum absolute atomic E-state index is 0.0540. The summed E-state index contributed by atoms with van der Waals surface area (Å²) in [7, 11) is 0. The van der Waals surface area contributed by atoms with Gasteiger partial charge in [-0.1, -0.05) is 70.2 Å². The molecule has 3 rings (SSSR count). The van der Waals surface area contributed by atoms with Crippen molar-refractivity contribution in [2.75, 3.05) is 6.61 Å². The normalized spacial score (nSPS) is 15.8. The highest BCUT2D eigenvalue weighted by molar-refractivity contribution is 5.75. The maximum atomic E-state index is 14.2. The highest BCUT2D eigenvalue weighted by Crippen LogP contribution is 2.36. The molecule has 0 N–H and O–H groups in total. The number of aryl methyl sites for hydroxylation is 1. The van der Waals surface area contributed by atoms with Gasteiger partial charge in [-0.05, 0) is 55.7 Å². The molecule has 1 aliphatic carbocycles. The first-order chi connectivity index (χ1) is 18.2. The molecule has 0 aliphatic heterocycles. The van der Waals surface area contributed by atoms with E-state index in [1.165, 1.54) is 23.3 Å². The molecule has 0 saturated heterocycles. The zero-order chi connectivity index (χ0) is 29.1. The first kappa shape index (κ1) is 34.8. The molecule has 1 aliphatic rings. The number of hydrogen-bond donors (Lipinski definition) is 0. The molecule has 212 valence electrons. The molecular weight excluding hydrogens is 500 g/mol. The van der Waals surface area contributed by atoms with E-state index in [4.69, 9.17) is 4.74 Å². The van der Waals surface area contributed by atoms with Crippen LogP contribution in [0.2, 0.25) is 0 Å². The van der Waals surface area contributed by atoms with Crippen LogP contribution < -0.4 is 4.74 Å². The Labute approximate surface area is 224 Å². The molecule has 8 heteroatoms. The van der Waals surface area contributed by atoms with Gasteiger partial charge in [-0.15, -0.1) is 0 Å². The summed E-state index contributed by atoms with van der Waals surface area (Å²) in [6.07, 6.45) is 0.210. The summed E-state index contributed by atoms with van der Waals surface area (Å²) in [5.74, 6) is -2.36. The molecule has 4 nitrogen and oxygen atoms in total. The monoisotopic (exact) mass is 540 g/mol. The Morgan fingerprint density at radius 3 is 2.05 bits per heavy atom. The third-order valence-electron chi connectivity index (χ3n) is 5.65. The van der Waals surface area contributed by atoms with E-state index in [0.29, 0.717) is 18.8 Å². The molecule has 0 aromatic heterocycles. The Morgan fingerprint density at radius 1 is 1.00 bits per heavy atom. The number of halogens is 4. The lowest BCUT2D eigenvalue weighted by molar-refractivity contribution is -0.156. The van der Waals surface area contributed by atoms with Gasteiger partial charge in [0.25, 0.3) is 0 Å². The van der Waals surface area contributed by atoms with Gasteiger partial charge in [0.15, 0.2) is 0 Å². The van der Waals surface area contributed by atoms with Crippen LogP contribution in [0.1, 0.15) is 76.0 Å².